The zero-order valence-electron chi connectivity index (χ0n) is 9.56. The van der Waals surface area contributed by atoms with Crippen LogP contribution in [0.1, 0.15) is 15.9 Å². The first-order chi connectivity index (χ1) is 9.13. The van der Waals surface area contributed by atoms with Crippen LogP contribution < -0.4 is 4.74 Å². The van der Waals surface area contributed by atoms with Crippen LogP contribution in [0.2, 0.25) is 5.02 Å². The summed E-state index contributed by atoms with van der Waals surface area (Å²) >= 11 is 5.84. The molecule has 0 aliphatic carbocycles. The molecule has 94 valence electrons. The highest BCUT2D eigenvalue weighted by molar-refractivity contribution is 6.33. The van der Waals surface area contributed by atoms with Crippen molar-refractivity contribution in [3.63, 3.8) is 0 Å². The van der Waals surface area contributed by atoms with Gasteiger partial charge in [-0.05, 0) is 30.3 Å². The number of ether oxygens (including phenoxy) is 1. The van der Waals surface area contributed by atoms with Gasteiger partial charge in [0.05, 0.1) is 16.7 Å². The smallest absolute Gasteiger partial charge is 0.167 e. The maximum absolute atomic E-state index is 13.6. The van der Waals surface area contributed by atoms with Crippen molar-refractivity contribution in [3.8, 4) is 17.6 Å². The molecular weight excluding hydrogens is 269 g/mol. The largest absolute Gasteiger partial charge is 0.454 e. The van der Waals surface area contributed by atoms with Crippen LogP contribution in [-0.4, -0.2) is 6.29 Å². The molecule has 0 heterocycles. The summed E-state index contributed by atoms with van der Waals surface area (Å²) in [7, 11) is 0. The van der Waals surface area contributed by atoms with Crippen molar-refractivity contribution < 1.29 is 13.9 Å². The van der Waals surface area contributed by atoms with Crippen molar-refractivity contribution >= 4 is 17.9 Å². The maximum atomic E-state index is 13.6. The van der Waals surface area contributed by atoms with Crippen molar-refractivity contribution in [3.05, 3.63) is 58.4 Å². The Morgan fingerprint density at radius 3 is 2.63 bits per heavy atom. The number of hydrogen-bond donors (Lipinski definition) is 0. The van der Waals surface area contributed by atoms with Gasteiger partial charge in [-0.15, -0.1) is 0 Å². The predicted molar refractivity (Wildman–Crippen MR) is 68.0 cm³/mol. The van der Waals surface area contributed by atoms with Crippen molar-refractivity contribution in [1.29, 1.82) is 5.26 Å². The van der Waals surface area contributed by atoms with E-state index < -0.39 is 5.82 Å². The fourth-order valence-electron chi connectivity index (χ4n) is 1.45. The molecule has 0 aliphatic heterocycles. The van der Waals surface area contributed by atoms with Gasteiger partial charge in [-0.25, -0.2) is 4.39 Å². The molecule has 0 saturated heterocycles. The minimum absolute atomic E-state index is 0.0195. The van der Waals surface area contributed by atoms with Crippen LogP contribution in [0.5, 0.6) is 11.5 Å². The standard InChI is InChI=1S/C14H7ClFNO2/c15-12-6-11(3-2-10(12)8-18)19-14-4-1-9(7-17)5-13(14)16/h1-6,8H. The van der Waals surface area contributed by atoms with Gasteiger partial charge in [-0.1, -0.05) is 11.6 Å². The summed E-state index contributed by atoms with van der Waals surface area (Å²) < 4.78 is 18.9. The Bertz CT molecular complexity index is 680. The molecule has 0 spiro atoms. The second kappa shape index (κ2) is 5.51. The topological polar surface area (TPSA) is 50.1 Å². The van der Waals surface area contributed by atoms with Crippen molar-refractivity contribution in [2.75, 3.05) is 0 Å². The number of aldehydes is 1. The quantitative estimate of drug-likeness (QED) is 0.797. The van der Waals surface area contributed by atoms with Crippen LogP contribution in [0.4, 0.5) is 4.39 Å². The second-order valence-electron chi connectivity index (χ2n) is 3.66. The number of nitriles is 1. The highest BCUT2D eigenvalue weighted by atomic mass is 35.5. The van der Waals surface area contributed by atoms with Gasteiger partial charge in [0, 0.05) is 11.6 Å². The Kier molecular flexibility index (Phi) is 3.79. The summed E-state index contributed by atoms with van der Waals surface area (Å²) in [4.78, 5) is 10.6. The van der Waals surface area contributed by atoms with E-state index in [1.807, 2.05) is 6.07 Å². The molecule has 0 bridgehead atoms. The van der Waals surface area contributed by atoms with Crippen LogP contribution >= 0.6 is 11.6 Å². The van der Waals surface area contributed by atoms with Gasteiger partial charge in [-0.3, -0.25) is 4.79 Å². The average Bonchev–Trinajstić information content (AvgIpc) is 2.41. The molecule has 0 aliphatic rings. The molecule has 0 saturated carbocycles. The van der Waals surface area contributed by atoms with Gasteiger partial charge in [0.15, 0.2) is 17.9 Å². The summed E-state index contributed by atoms with van der Waals surface area (Å²) in [6.07, 6.45) is 0.619. The first-order valence-electron chi connectivity index (χ1n) is 5.26. The van der Waals surface area contributed by atoms with Gasteiger partial charge in [0.2, 0.25) is 0 Å². The minimum atomic E-state index is -0.644. The minimum Gasteiger partial charge on any atom is -0.454 e. The highest BCUT2D eigenvalue weighted by Crippen LogP contribution is 2.28. The summed E-state index contributed by atoms with van der Waals surface area (Å²) in [5, 5.41) is 8.85. The van der Waals surface area contributed by atoms with E-state index in [0.29, 0.717) is 17.6 Å². The lowest BCUT2D eigenvalue weighted by molar-refractivity contribution is 0.112. The molecule has 2 aromatic rings. The number of carbonyl (C=O) groups is 1. The zero-order valence-corrected chi connectivity index (χ0v) is 10.3. The Hall–Kier alpha value is -2.38. The molecule has 0 atom stereocenters. The van der Waals surface area contributed by atoms with E-state index in [1.165, 1.54) is 30.3 Å². The average molecular weight is 276 g/mol. The van der Waals surface area contributed by atoms with E-state index in [4.69, 9.17) is 21.6 Å². The Labute approximate surface area is 113 Å². The molecule has 2 rings (SSSR count). The maximum Gasteiger partial charge on any atom is 0.167 e. The van der Waals surface area contributed by atoms with E-state index >= 15 is 0 Å². The van der Waals surface area contributed by atoms with Gasteiger partial charge in [0.1, 0.15) is 5.75 Å². The van der Waals surface area contributed by atoms with E-state index in [0.717, 1.165) is 6.07 Å². The number of carbonyl (C=O) groups excluding carboxylic acids is 1. The van der Waals surface area contributed by atoms with Crippen molar-refractivity contribution in [2.24, 2.45) is 0 Å². The lowest BCUT2D eigenvalue weighted by Gasteiger charge is -2.07. The molecule has 19 heavy (non-hydrogen) atoms. The lowest BCUT2D eigenvalue weighted by Crippen LogP contribution is -1.90. The van der Waals surface area contributed by atoms with Crippen LogP contribution in [0.25, 0.3) is 0 Å². The van der Waals surface area contributed by atoms with E-state index in [9.17, 15) is 9.18 Å². The molecule has 0 amide bonds. The van der Waals surface area contributed by atoms with Gasteiger partial charge < -0.3 is 4.74 Å². The number of nitrogens with zero attached hydrogens (tertiary/aromatic N) is 1. The summed E-state index contributed by atoms with van der Waals surface area (Å²) in [6, 6.07) is 10.1. The Morgan fingerprint density at radius 1 is 1.26 bits per heavy atom. The van der Waals surface area contributed by atoms with E-state index in [2.05, 4.69) is 0 Å². The molecule has 5 heteroatoms. The fourth-order valence-corrected chi connectivity index (χ4v) is 1.66. The number of benzene rings is 2. The number of halogens is 2. The van der Waals surface area contributed by atoms with E-state index in [-0.39, 0.29) is 16.3 Å². The van der Waals surface area contributed by atoms with Crippen LogP contribution in [0.15, 0.2) is 36.4 Å². The second-order valence-corrected chi connectivity index (χ2v) is 4.07. The Morgan fingerprint density at radius 2 is 2.05 bits per heavy atom. The SMILES string of the molecule is N#Cc1ccc(Oc2ccc(C=O)c(Cl)c2)c(F)c1. The van der Waals surface area contributed by atoms with Crippen LogP contribution in [-0.2, 0) is 0 Å². The molecule has 0 unspecified atom stereocenters. The molecule has 0 N–H and O–H groups in total. The predicted octanol–water partition coefficient (Wildman–Crippen LogP) is 3.96. The first-order valence-corrected chi connectivity index (χ1v) is 5.64. The van der Waals surface area contributed by atoms with Crippen LogP contribution in [0.3, 0.4) is 0 Å². The van der Waals surface area contributed by atoms with E-state index in [1.54, 1.807) is 0 Å². The van der Waals surface area contributed by atoms with Gasteiger partial charge in [0.25, 0.3) is 0 Å². The molecule has 0 fully saturated rings. The zero-order chi connectivity index (χ0) is 13.8. The van der Waals surface area contributed by atoms with Gasteiger partial charge in [-0.2, -0.15) is 5.26 Å². The summed E-state index contributed by atoms with van der Waals surface area (Å²) in [5.74, 6) is -0.359. The van der Waals surface area contributed by atoms with Crippen molar-refractivity contribution in [2.45, 2.75) is 0 Å². The number of hydrogen-bond acceptors (Lipinski definition) is 3. The lowest BCUT2D eigenvalue weighted by atomic mass is 10.2. The highest BCUT2D eigenvalue weighted by Gasteiger charge is 2.07. The van der Waals surface area contributed by atoms with Crippen LogP contribution in [0, 0.1) is 17.1 Å². The normalized spacial score (nSPS) is 9.74. The third kappa shape index (κ3) is 2.90. The van der Waals surface area contributed by atoms with Crippen molar-refractivity contribution in [1.82, 2.24) is 0 Å². The van der Waals surface area contributed by atoms with Gasteiger partial charge >= 0.3 is 0 Å². The third-order valence-electron chi connectivity index (χ3n) is 2.39. The molecule has 0 aromatic heterocycles. The molecule has 3 nitrogen and oxygen atoms in total. The molecule has 0 radical (unpaired) electrons. The monoisotopic (exact) mass is 275 g/mol. The molecule has 2 aromatic carbocycles. The summed E-state index contributed by atoms with van der Waals surface area (Å²) in [6.45, 7) is 0. The first kappa shape index (κ1) is 13.1. The summed E-state index contributed by atoms with van der Waals surface area (Å²) in [5.41, 5.74) is 0.536. The third-order valence-corrected chi connectivity index (χ3v) is 2.71. The number of rotatable bonds is 3. The molecular formula is C14H7ClFNO2. The Balaban J connectivity index is 2.29. The fraction of sp³-hybridized carbons (Fsp3) is 0.